The highest BCUT2D eigenvalue weighted by atomic mass is 32.1. The normalized spacial score (nSPS) is 15.6. The van der Waals surface area contributed by atoms with Crippen molar-refractivity contribution in [1.29, 1.82) is 0 Å². The van der Waals surface area contributed by atoms with E-state index >= 15 is 0 Å². The predicted octanol–water partition coefficient (Wildman–Crippen LogP) is 2.74. The molecule has 1 aliphatic rings. The number of aliphatic imine (C=N–C) groups is 1. The standard InChI is InChI=1S/C18H15N5S/c1-23-15(12-7-3-2-4-8-12)11-24-18(23)22-21-17-14-10-6-5-9-13(14)16(19)20-17/h2-11H,1H3,(H2,19,20,21)/b22-18-. The van der Waals surface area contributed by atoms with Gasteiger partial charge in [-0.15, -0.1) is 21.5 Å². The SMILES string of the molecule is Cn1c(-c2ccccc2)cs/c1=N\N=C1/N=C(N)c2ccccc21. The molecule has 0 unspecified atom stereocenters. The maximum Gasteiger partial charge on any atom is 0.210 e. The van der Waals surface area contributed by atoms with Crippen molar-refractivity contribution < 1.29 is 0 Å². The van der Waals surface area contributed by atoms with Gasteiger partial charge in [-0.05, 0) is 5.56 Å². The van der Waals surface area contributed by atoms with Crippen molar-refractivity contribution in [2.45, 2.75) is 0 Å². The van der Waals surface area contributed by atoms with Gasteiger partial charge in [-0.3, -0.25) is 0 Å². The van der Waals surface area contributed by atoms with Crippen LogP contribution in [0.1, 0.15) is 11.1 Å². The van der Waals surface area contributed by atoms with Gasteiger partial charge in [0.2, 0.25) is 4.80 Å². The summed E-state index contributed by atoms with van der Waals surface area (Å²) in [5.41, 5.74) is 10.0. The first-order chi connectivity index (χ1) is 11.7. The van der Waals surface area contributed by atoms with Crippen molar-refractivity contribution in [3.63, 3.8) is 0 Å². The average molecular weight is 333 g/mol. The van der Waals surface area contributed by atoms with E-state index in [1.165, 1.54) is 0 Å². The number of thiazole rings is 1. The molecule has 5 nitrogen and oxygen atoms in total. The largest absolute Gasteiger partial charge is 0.383 e. The molecule has 0 atom stereocenters. The van der Waals surface area contributed by atoms with Gasteiger partial charge in [-0.25, -0.2) is 4.99 Å². The summed E-state index contributed by atoms with van der Waals surface area (Å²) in [5, 5.41) is 10.8. The van der Waals surface area contributed by atoms with E-state index in [0.717, 1.165) is 27.2 Å². The highest BCUT2D eigenvalue weighted by Crippen LogP contribution is 2.19. The van der Waals surface area contributed by atoms with Gasteiger partial charge in [0.1, 0.15) is 5.84 Å². The van der Waals surface area contributed by atoms with Crippen LogP contribution in [-0.4, -0.2) is 16.2 Å². The first kappa shape index (κ1) is 14.6. The van der Waals surface area contributed by atoms with E-state index in [9.17, 15) is 0 Å². The number of amidine groups is 2. The summed E-state index contributed by atoms with van der Waals surface area (Å²) >= 11 is 1.55. The van der Waals surface area contributed by atoms with E-state index in [2.05, 4.69) is 32.7 Å². The Bertz CT molecular complexity index is 1020. The number of hydrogen-bond acceptors (Lipinski definition) is 4. The fourth-order valence-corrected chi connectivity index (χ4v) is 3.49. The molecule has 2 N–H and O–H groups in total. The molecule has 2 aromatic carbocycles. The molecule has 0 fully saturated rings. The van der Waals surface area contributed by atoms with Crippen LogP contribution < -0.4 is 10.5 Å². The number of benzene rings is 2. The quantitative estimate of drug-likeness (QED) is 0.720. The molecule has 0 amide bonds. The Hall–Kier alpha value is -2.99. The highest BCUT2D eigenvalue weighted by Gasteiger charge is 2.18. The Balaban J connectivity index is 1.75. The monoisotopic (exact) mass is 333 g/mol. The molecular formula is C18H15N5S. The van der Waals surface area contributed by atoms with Crippen molar-refractivity contribution >= 4 is 23.0 Å². The average Bonchev–Trinajstić information content (AvgIpc) is 3.15. The van der Waals surface area contributed by atoms with E-state index in [0.29, 0.717) is 11.7 Å². The van der Waals surface area contributed by atoms with E-state index in [-0.39, 0.29) is 0 Å². The third-order valence-corrected chi connectivity index (χ3v) is 4.80. The van der Waals surface area contributed by atoms with E-state index < -0.39 is 0 Å². The molecule has 4 rings (SSSR count). The second kappa shape index (κ2) is 5.90. The number of nitrogens with zero attached hydrogens (tertiary/aromatic N) is 4. The van der Waals surface area contributed by atoms with Crippen LogP contribution in [0.25, 0.3) is 11.3 Å². The smallest absolute Gasteiger partial charge is 0.210 e. The molecular weight excluding hydrogens is 318 g/mol. The molecule has 3 aromatic rings. The van der Waals surface area contributed by atoms with Crippen molar-refractivity contribution in [1.82, 2.24) is 4.57 Å². The van der Waals surface area contributed by atoms with Crippen LogP contribution in [0.5, 0.6) is 0 Å². The lowest BCUT2D eigenvalue weighted by molar-refractivity contribution is 0.862. The fraction of sp³-hybridized carbons (Fsp3) is 0.0556. The van der Waals surface area contributed by atoms with Crippen LogP contribution in [0.2, 0.25) is 0 Å². The zero-order chi connectivity index (χ0) is 16.5. The minimum Gasteiger partial charge on any atom is -0.383 e. The van der Waals surface area contributed by atoms with Gasteiger partial charge in [0.15, 0.2) is 5.84 Å². The van der Waals surface area contributed by atoms with Gasteiger partial charge in [0.05, 0.1) is 5.69 Å². The first-order valence-corrected chi connectivity index (χ1v) is 8.37. The van der Waals surface area contributed by atoms with Crippen LogP contribution in [0.3, 0.4) is 0 Å². The summed E-state index contributed by atoms with van der Waals surface area (Å²) in [6, 6.07) is 18.0. The van der Waals surface area contributed by atoms with Crippen molar-refractivity contribution in [3.05, 3.63) is 75.9 Å². The van der Waals surface area contributed by atoms with Gasteiger partial charge in [0.25, 0.3) is 0 Å². The molecule has 2 heterocycles. The van der Waals surface area contributed by atoms with Crippen LogP contribution >= 0.6 is 11.3 Å². The molecule has 0 aliphatic carbocycles. The summed E-state index contributed by atoms with van der Waals surface area (Å²) in [7, 11) is 1.98. The lowest BCUT2D eigenvalue weighted by atomic mass is 10.1. The molecule has 0 saturated heterocycles. The van der Waals surface area contributed by atoms with Crippen LogP contribution in [0.4, 0.5) is 0 Å². The van der Waals surface area contributed by atoms with Gasteiger partial charge >= 0.3 is 0 Å². The molecule has 1 aliphatic heterocycles. The Kier molecular flexibility index (Phi) is 3.59. The Morgan fingerprint density at radius 1 is 0.958 bits per heavy atom. The highest BCUT2D eigenvalue weighted by molar-refractivity contribution is 7.07. The minimum atomic E-state index is 0.486. The van der Waals surface area contributed by atoms with Gasteiger partial charge in [-0.1, -0.05) is 54.6 Å². The number of nitrogens with two attached hydrogens (primary N) is 1. The maximum atomic E-state index is 5.94. The first-order valence-electron chi connectivity index (χ1n) is 7.49. The minimum absolute atomic E-state index is 0.486. The Morgan fingerprint density at radius 2 is 1.67 bits per heavy atom. The van der Waals surface area contributed by atoms with E-state index in [1.54, 1.807) is 11.3 Å². The molecule has 6 heteroatoms. The molecule has 1 aromatic heterocycles. The fourth-order valence-electron chi connectivity index (χ4n) is 2.63. The van der Waals surface area contributed by atoms with Crippen molar-refractivity contribution in [2.75, 3.05) is 0 Å². The lowest BCUT2D eigenvalue weighted by Gasteiger charge is -2.01. The molecule has 0 radical (unpaired) electrons. The summed E-state index contributed by atoms with van der Waals surface area (Å²) in [6.45, 7) is 0. The molecule has 0 saturated carbocycles. The van der Waals surface area contributed by atoms with Crippen molar-refractivity contribution in [3.8, 4) is 11.3 Å². The van der Waals surface area contributed by atoms with Gasteiger partial charge < -0.3 is 10.3 Å². The number of fused-ring (bicyclic) bond motifs is 1. The lowest BCUT2D eigenvalue weighted by Crippen LogP contribution is -2.11. The molecule has 0 spiro atoms. The third-order valence-electron chi connectivity index (χ3n) is 3.89. The van der Waals surface area contributed by atoms with Gasteiger partial charge in [0, 0.05) is 23.6 Å². The van der Waals surface area contributed by atoms with Crippen LogP contribution in [0.15, 0.2) is 75.2 Å². The zero-order valence-corrected chi connectivity index (χ0v) is 13.9. The molecule has 0 bridgehead atoms. The molecule has 118 valence electrons. The summed E-state index contributed by atoms with van der Waals surface area (Å²) in [6.07, 6.45) is 0. The third kappa shape index (κ3) is 2.47. The zero-order valence-electron chi connectivity index (χ0n) is 13.0. The number of aromatic nitrogens is 1. The second-order valence-electron chi connectivity index (χ2n) is 5.39. The topological polar surface area (TPSA) is 68.0 Å². The van der Waals surface area contributed by atoms with Gasteiger partial charge in [-0.2, -0.15) is 0 Å². The second-order valence-corrected chi connectivity index (χ2v) is 6.23. The molecule has 24 heavy (non-hydrogen) atoms. The maximum absolute atomic E-state index is 5.94. The Morgan fingerprint density at radius 3 is 2.46 bits per heavy atom. The van der Waals surface area contributed by atoms with E-state index in [1.807, 2.05) is 54.1 Å². The summed E-state index contributed by atoms with van der Waals surface area (Å²) < 4.78 is 2.03. The number of hydrogen-bond donors (Lipinski definition) is 1. The van der Waals surface area contributed by atoms with Crippen LogP contribution in [-0.2, 0) is 7.05 Å². The summed E-state index contributed by atoms with van der Waals surface area (Å²) in [5.74, 6) is 1.04. The number of rotatable bonds is 2. The van der Waals surface area contributed by atoms with Crippen molar-refractivity contribution in [2.24, 2.45) is 28.0 Å². The van der Waals surface area contributed by atoms with Crippen LogP contribution in [0, 0.1) is 0 Å². The Labute approximate surface area is 143 Å². The van der Waals surface area contributed by atoms with E-state index in [4.69, 9.17) is 5.73 Å². The predicted molar refractivity (Wildman–Crippen MR) is 98.0 cm³/mol. The summed E-state index contributed by atoms with van der Waals surface area (Å²) in [4.78, 5) is 5.12.